The Balaban J connectivity index is 1.81. The number of carbonyl (C=O) groups is 1. The molecule has 0 heterocycles. The molecule has 0 spiro atoms. The molecular formula is C15H29N3O. The highest BCUT2D eigenvalue weighted by Crippen LogP contribution is 2.29. The summed E-state index contributed by atoms with van der Waals surface area (Å²) in [6.07, 6.45) is 9.63. The van der Waals surface area contributed by atoms with Crippen molar-refractivity contribution < 1.29 is 4.79 Å². The molecule has 2 saturated carbocycles. The molecule has 2 aliphatic carbocycles. The Labute approximate surface area is 117 Å². The van der Waals surface area contributed by atoms with Crippen molar-refractivity contribution in [2.45, 2.75) is 76.4 Å². The number of carbonyl (C=O) groups excluding carboxylic acids is 1. The van der Waals surface area contributed by atoms with Crippen molar-refractivity contribution in [1.29, 1.82) is 0 Å². The standard InChI is InChI=1S/C15H29N3O/c1-12(18(11-5-10-16)14-8-9-14)15(19)17-13-6-3-2-4-7-13/h12-14H,2-11,16H2,1H3,(H,17,19). The van der Waals surface area contributed by atoms with Crippen LogP contribution in [0.15, 0.2) is 0 Å². The van der Waals surface area contributed by atoms with Crippen LogP contribution in [0.5, 0.6) is 0 Å². The topological polar surface area (TPSA) is 58.4 Å². The molecule has 1 unspecified atom stereocenters. The lowest BCUT2D eigenvalue weighted by Gasteiger charge is -2.30. The second-order valence-corrected chi connectivity index (χ2v) is 6.13. The maximum absolute atomic E-state index is 12.4. The number of rotatable bonds is 7. The summed E-state index contributed by atoms with van der Waals surface area (Å²) in [5, 5.41) is 3.25. The van der Waals surface area contributed by atoms with E-state index < -0.39 is 0 Å². The van der Waals surface area contributed by atoms with Crippen molar-refractivity contribution in [1.82, 2.24) is 10.2 Å². The lowest BCUT2D eigenvalue weighted by atomic mass is 9.95. The third kappa shape index (κ3) is 4.46. The molecule has 4 heteroatoms. The van der Waals surface area contributed by atoms with Gasteiger partial charge in [-0.1, -0.05) is 19.3 Å². The summed E-state index contributed by atoms with van der Waals surface area (Å²) < 4.78 is 0. The molecule has 2 fully saturated rings. The molecule has 2 rings (SSSR count). The van der Waals surface area contributed by atoms with Crippen LogP contribution in [-0.2, 0) is 4.79 Å². The van der Waals surface area contributed by atoms with Gasteiger partial charge in [-0.25, -0.2) is 0 Å². The van der Waals surface area contributed by atoms with Crippen molar-refractivity contribution in [3.05, 3.63) is 0 Å². The molecule has 3 N–H and O–H groups in total. The molecule has 0 saturated heterocycles. The van der Waals surface area contributed by atoms with Crippen LogP contribution in [0.4, 0.5) is 0 Å². The van der Waals surface area contributed by atoms with Crippen LogP contribution in [0.3, 0.4) is 0 Å². The van der Waals surface area contributed by atoms with Gasteiger partial charge < -0.3 is 11.1 Å². The smallest absolute Gasteiger partial charge is 0.237 e. The third-order valence-electron chi connectivity index (χ3n) is 4.46. The van der Waals surface area contributed by atoms with E-state index in [-0.39, 0.29) is 11.9 Å². The Kier molecular flexibility index (Phi) is 5.64. The van der Waals surface area contributed by atoms with E-state index >= 15 is 0 Å². The van der Waals surface area contributed by atoms with Crippen LogP contribution in [0.25, 0.3) is 0 Å². The van der Waals surface area contributed by atoms with Crippen molar-refractivity contribution in [2.75, 3.05) is 13.1 Å². The quantitative estimate of drug-likeness (QED) is 0.737. The normalized spacial score (nSPS) is 22.5. The Bertz CT molecular complexity index is 285. The summed E-state index contributed by atoms with van der Waals surface area (Å²) in [6.45, 7) is 3.72. The molecule has 19 heavy (non-hydrogen) atoms. The zero-order chi connectivity index (χ0) is 13.7. The van der Waals surface area contributed by atoms with E-state index in [4.69, 9.17) is 5.73 Å². The molecule has 0 aromatic carbocycles. The van der Waals surface area contributed by atoms with E-state index in [0.717, 1.165) is 25.8 Å². The maximum Gasteiger partial charge on any atom is 0.237 e. The van der Waals surface area contributed by atoms with Gasteiger partial charge in [-0.3, -0.25) is 9.69 Å². The Hall–Kier alpha value is -0.610. The van der Waals surface area contributed by atoms with Crippen LogP contribution < -0.4 is 11.1 Å². The van der Waals surface area contributed by atoms with E-state index in [0.29, 0.717) is 18.6 Å². The highest BCUT2D eigenvalue weighted by molar-refractivity contribution is 5.81. The van der Waals surface area contributed by atoms with Gasteiger partial charge in [-0.2, -0.15) is 0 Å². The highest BCUT2D eigenvalue weighted by Gasteiger charge is 2.34. The van der Waals surface area contributed by atoms with Gasteiger partial charge in [0.05, 0.1) is 6.04 Å². The molecule has 110 valence electrons. The van der Waals surface area contributed by atoms with Gasteiger partial charge in [-0.15, -0.1) is 0 Å². The molecule has 4 nitrogen and oxygen atoms in total. The first-order valence-corrected chi connectivity index (χ1v) is 7.98. The number of nitrogens with two attached hydrogens (primary N) is 1. The van der Waals surface area contributed by atoms with Crippen LogP contribution >= 0.6 is 0 Å². The lowest BCUT2D eigenvalue weighted by molar-refractivity contribution is -0.127. The van der Waals surface area contributed by atoms with Crippen LogP contribution in [0.1, 0.15) is 58.3 Å². The monoisotopic (exact) mass is 267 g/mol. The minimum atomic E-state index is 0.000904. The van der Waals surface area contributed by atoms with Crippen molar-refractivity contribution >= 4 is 5.91 Å². The predicted molar refractivity (Wildman–Crippen MR) is 77.9 cm³/mol. The number of hydrogen-bond acceptors (Lipinski definition) is 3. The number of nitrogens with zero attached hydrogens (tertiary/aromatic N) is 1. The Morgan fingerprint density at radius 1 is 1.26 bits per heavy atom. The zero-order valence-electron chi connectivity index (χ0n) is 12.2. The fraction of sp³-hybridized carbons (Fsp3) is 0.933. The van der Waals surface area contributed by atoms with Gasteiger partial charge in [0.1, 0.15) is 0 Å². The molecule has 0 aromatic heterocycles. The number of hydrogen-bond donors (Lipinski definition) is 2. The first-order valence-electron chi connectivity index (χ1n) is 7.98. The average Bonchev–Trinajstić information content (AvgIpc) is 3.24. The summed E-state index contributed by atoms with van der Waals surface area (Å²) in [4.78, 5) is 14.7. The fourth-order valence-electron chi connectivity index (χ4n) is 3.09. The van der Waals surface area contributed by atoms with Gasteiger partial charge in [0, 0.05) is 18.6 Å². The molecule has 0 bridgehead atoms. The molecule has 1 amide bonds. The van der Waals surface area contributed by atoms with Crippen LogP contribution in [0, 0.1) is 0 Å². The minimum absolute atomic E-state index is 0.000904. The van der Waals surface area contributed by atoms with E-state index in [1.807, 2.05) is 6.92 Å². The lowest BCUT2D eigenvalue weighted by Crippen LogP contribution is -2.49. The Morgan fingerprint density at radius 2 is 1.95 bits per heavy atom. The summed E-state index contributed by atoms with van der Waals surface area (Å²) in [7, 11) is 0. The van der Waals surface area contributed by atoms with Crippen molar-refractivity contribution in [2.24, 2.45) is 5.73 Å². The van der Waals surface area contributed by atoms with E-state index in [2.05, 4.69) is 10.2 Å². The van der Waals surface area contributed by atoms with Crippen LogP contribution in [-0.4, -0.2) is 42.0 Å². The second kappa shape index (κ2) is 7.25. The predicted octanol–water partition coefficient (Wildman–Crippen LogP) is 1.64. The van der Waals surface area contributed by atoms with Gasteiger partial charge >= 0.3 is 0 Å². The number of nitrogens with one attached hydrogen (secondary N) is 1. The SMILES string of the molecule is CC(C(=O)NC1CCCCC1)N(CCCN)C1CC1. The number of amides is 1. The van der Waals surface area contributed by atoms with Crippen molar-refractivity contribution in [3.63, 3.8) is 0 Å². The van der Waals surface area contributed by atoms with Gasteiger partial charge in [0.15, 0.2) is 0 Å². The molecule has 2 aliphatic rings. The van der Waals surface area contributed by atoms with Crippen molar-refractivity contribution in [3.8, 4) is 0 Å². The third-order valence-corrected chi connectivity index (χ3v) is 4.46. The second-order valence-electron chi connectivity index (χ2n) is 6.13. The van der Waals surface area contributed by atoms with Gasteiger partial charge in [0.25, 0.3) is 0 Å². The molecule has 0 aromatic rings. The first kappa shape index (κ1) is 14.8. The van der Waals surface area contributed by atoms with E-state index in [9.17, 15) is 4.79 Å². The maximum atomic E-state index is 12.4. The highest BCUT2D eigenvalue weighted by atomic mass is 16.2. The fourth-order valence-corrected chi connectivity index (χ4v) is 3.09. The first-order chi connectivity index (χ1) is 9.22. The van der Waals surface area contributed by atoms with E-state index in [1.54, 1.807) is 0 Å². The van der Waals surface area contributed by atoms with E-state index in [1.165, 1.54) is 32.1 Å². The average molecular weight is 267 g/mol. The molecular weight excluding hydrogens is 238 g/mol. The Morgan fingerprint density at radius 3 is 2.53 bits per heavy atom. The molecule has 1 atom stereocenters. The largest absolute Gasteiger partial charge is 0.352 e. The summed E-state index contributed by atoms with van der Waals surface area (Å²) in [6, 6.07) is 1.04. The summed E-state index contributed by atoms with van der Waals surface area (Å²) in [5.41, 5.74) is 5.60. The zero-order valence-corrected chi connectivity index (χ0v) is 12.2. The molecule has 0 aliphatic heterocycles. The summed E-state index contributed by atoms with van der Waals surface area (Å²) >= 11 is 0. The summed E-state index contributed by atoms with van der Waals surface area (Å²) in [5.74, 6) is 0.218. The van der Waals surface area contributed by atoms with Gasteiger partial charge in [0.2, 0.25) is 5.91 Å². The van der Waals surface area contributed by atoms with Gasteiger partial charge in [-0.05, 0) is 45.6 Å². The minimum Gasteiger partial charge on any atom is -0.352 e. The molecule has 0 radical (unpaired) electrons. The van der Waals surface area contributed by atoms with Crippen LogP contribution in [0.2, 0.25) is 0 Å².